The third-order valence-corrected chi connectivity index (χ3v) is 5.08. The number of hydrogen-bond acceptors (Lipinski definition) is 6. The first-order chi connectivity index (χ1) is 11.2. The number of anilines is 1. The Hall–Kier alpha value is -1.09. The number of nitrogens with one attached hydrogen (secondary N) is 1. The Labute approximate surface area is 159 Å². The number of hydrogen-bond donors (Lipinski definition) is 1. The molecule has 24 heavy (non-hydrogen) atoms. The summed E-state index contributed by atoms with van der Waals surface area (Å²) in [5, 5.41) is 12.5. The van der Waals surface area contributed by atoms with Crippen LogP contribution in [0.25, 0.3) is 0 Å². The van der Waals surface area contributed by atoms with E-state index in [1.807, 2.05) is 0 Å². The maximum absolute atomic E-state index is 12.1. The topological polar surface area (TPSA) is 71.0 Å². The maximum Gasteiger partial charge on any atom is 0.259 e. The van der Waals surface area contributed by atoms with Crippen molar-refractivity contribution in [1.82, 2.24) is 20.1 Å². The number of piperidine rings is 1. The van der Waals surface area contributed by atoms with Gasteiger partial charge in [-0.3, -0.25) is 15.1 Å². The summed E-state index contributed by atoms with van der Waals surface area (Å²) in [6.45, 7) is 3.37. The number of amides is 1. The van der Waals surface area contributed by atoms with Crippen molar-refractivity contribution in [1.29, 1.82) is 0 Å². The van der Waals surface area contributed by atoms with Crippen molar-refractivity contribution in [3.05, 3.63) is 33.5 Å². The van der Waals surface area contributed by atoms with E-state index in [-0.39, 0.29) is 18.3 Å². The molecule has 0 atom stereocenters. The SMILES string of the molecule is Cl.O=C(Nc1nnc(CCN2CCCCC2)s1)c1cncc(Br)c1. The second-order valence-corrected chi connectivity index (χ2v) is 7.48. The van der Waals surface area contributed by atoms with Gasteiger partial charge in [0.25, 0.3) is 5.91 Å². The van der Waals surface area contributed by atoms with Crippen molar-refractivity contribution < 1.29 is 4.79 Å². The van der Waals surface area contributed by atoms with Crippen molar-refractivity contribution >= 4 is 50.7 Å². The zero-order valence-electron chi connectivity index (χ0n) is 13.1. The van der Waals surface area contributed by atoms with Crippen LogP contribution in [0.4, 0.5) is 5.13 Å². The van der Waals surface area contributed by atoms with Crippen molar-refractivity contribution in [2.45, 2.75) is 25.7 Å². The van der Waals surface area contributed by atoms with Gasteiger partial charge in [-0.1, -0.05) is 17.8 Å². The lowest BCUT2D eigenvalue weighted by Gasteiger charge is -2.25. The van der Waals surface area contributed by atoms with E-state index >= 15 is 0 Å². The number of halogens is 2. The quantitative estimate of drug-likeness (QED) is 0.784. The zero-order valence-corrected chi connectivity index (χ0v) is 16.3. The van der Waals surface area contributed by atoms with Crippen LogP contribution in [0.15, 0.2) is 22.9 Å². The number of nitrogens with zero attached hydrogens (tertiary/aromatic N) is 4. The smallest absolute Gasteiger partial charge is 0.259 e. The standard InChI is InChI=1S/C15H18BrN5OS.ClH/c16-12-8-11(9-17-10-12)14(22)18-15-20-19-13(23-15)4-7-21-5-2-1-3-6-21;/h8-10H,1-7H2,(H,18,20,22);1H. The number of likely N-dealkylation sites (tertiary alicyclic amines) is 1. The van der Waals surface area contributed by atoms with Crippen LogP contribution in [0.1, 0.15) is 34.6 Å². The Balaban J connectivity index is 0.00000208. The van der Waals surface area contributed by atoms with Crippen LogP contribution in [-0.2, 0) is 6.42 Å². The average Bonchev–Trinajstić information content (AvgIpc) is 3.01. The molecule has 6 nitrogen and oxygen atoms in total. The minimum Gasteiger partial charge on any atom is -0.303 e. The van der Waals surface area contributed by atoms with Gasteiger partial charge in [0.1, 0.15) is 5.01 Å². The van der Waals surface area contributed by atoms with Crippen LogP contribution < -0.4 is 5.32 Å². The van der Waals surface area contributed by atoms with E-state index in [1.165, 1.54) is 49.9 Å². The van der Waals surface area contributed by atoms with Crippen LogP contribution in [0, 0.1) is 0 Å². The minimum atomic E-state index is -0.225. The Kier molecular flexibility index (Phi) is 7.54. The van der Waals surface area contributed by atoms with E-state index in [2.05, 4.69) is 41.3 Å². The number of carbonyl (C=O) groups is 1. The molecule has 9 heteroatoms. The Bertz CT molecular complexity index is 677. The summed E-state index contributed by atoms with van der Waals surface area (Å²) in [7, 11) is 0. The van der Waals surface area contributed by atoms with Gasteiger partial charge >= 0.3 is 0 Å². The monoisotopic (exact) mass is 431 g/mol. The number of rotatable bonds is 5. The predicted molar refractivity (Wildman–Crippen MR) is 101 cm³/mol. The normalized spacial score (nSPS) is 14.9. The van der Waals surface area contributed by atoms with Crippen LogP contribution in [0.5, 0.6) is 0 Å². The molecular weight excluding hydrogens is 414 g/mol. The summed E-state index contributed by atoms with van der Waals surface area (Å²) in [6.07, 6.45) is 7.97. The third kappa shape index (κ3) is 5.47. The van der Waals surface area contributed by atoms with Gasteiger partial charge in [-0.2, -0.15) is 0 Å². The van der Waals surface area contributed by atoms with Gasteiger partial charge in [0.2, 0.25) is 5.13 Å². The van der Waals surface area contributed by atoms with E-state index in [0.29, 0.717) is 10.7 Å². The first-order valence-electron chi connectivity index (χ1n) is 7.67. The van der Waals surface area contributed by atoms with E-state index in [1.54, 1.807) is 12.3 Å². The molecule has 2 aromatic rings. The second-order valence-electron chi connectivity index (χ2n) is 5.50. The van der Waals surface area contributed by atoms with Gasteiger partial charge in [0.15, 0.2) is 0 Å². The highest BCUT2D eigenvalue weighted by Crippen LogP contribution is 2.18. The summed E-state index contributed by atoms with van der Waals surface area (Å²) >= 11 is 4.74. The second kappa shape index (κ2) is 9.41. The summed E-state index contributed by atoms with van der Waals surface area (Å²) in [6, 6.07) is 1.72. The Morgan fingerprint density at radius 1 is 1.25 bits per heavy atom. The fourth-order valence-electron chi connectivity index (χ4n) is 2.55. The lowest BCUT2D eigenvalue weighted by molar-refractivity contribution is 0.102. The number of pyridine rings is 1. The Morgan fingerprint density at radius 2 is 2.04 bits per heavy atom. The van der Waals surface area contributed by atoms with Gasteiger partial charge in [-0.05, 0) is 47.9 Å². The van der Waals surface area contributed by atoms with Gasteiger partial charge in [-0.15, -0.1) is 22.6 Å². The molecule has 1 amide bonds. The fourth-order valence-corrected chi connectivity index (χ4v) is 3.64. The highest BCUT2D eigenvalue weighted by molar-refractivity contribution is 9.10. The van der Waals surface area contributed by atoms with Gasteiger partial charge in [0.05, 0.1) is 5.56 Å². The average molecular weight is 433 g/mol. The van der Waals surface area contributed by atoms with E-state index < -0.39 is 0 Å². The highest BCUT2D eigenvalue weighted by atomic mass is 79.9. The molecule has 0 unspecified atom stereocenters. The van der Waals surface area contributed by atoms with Crippen molar-refractivity contribution in [2.24, 2.45) is 0 Å². The molecule has 3 rings (SSSR count). The van der Waals surface area contributed by atoms with Gasteiger partial charge < -0.3 is 4.90 Å². The van der Waals surface area contributed by atoms with E-state index in [0.717, 1.165) is 22.4 Å². The molecule has 0 aromatic carbocycles. The minimum absolute atomic E-state index is 0. The molecule has 0 spiro atoms. The molecule has 1 fully saturated rings. The summed E-state index contributed by atoms with van der Waals surface area (Å²) in [5.74, 6) is -0.225. The molecule has 1 aliphatic heterocycles. The van der Waals surface area contributed by atoms with Gasteiger partial charge in [-0.25, -0.2) is 0 Å². The van der Waals surface area contributed by atoms with Crippen molar-refractivity contribution in [3.63, 3.8) is 0 Å². The van der Waals surface area contributed by atoms with Crippen LogP contribution in [0.2, 0.25) is 0 Å². The third-order valence-electron chi connectivity index (χ3n) is 3.74. The molecule has 3 heterocycles. The summed E-state index contributed by atoms with van der Waals surface area (Å²) < 4.78 is 0.768. The zero-order chi connectivity index (χ0) is 16.1. The largest absolute Gasteiger partial charge is 0.303 e. The van der Waals surface area contributed by atoms with Crippen molar-refractivity contribution in [2.75, 3.05) is 25.0 Å². The van der Waals surface area contributed by atoms with Gasteiger partial charge in [0, 0.05) is 29.8 Å². The Morgan fingerprint density at radius 3 is 2.79 bits per heavy atom. The van der Waals surface area contributed by atoms with Crippen LogP contribution in [0.3, 0.4) is 0 Å². The molecule has 1 N–H and O–H groups in total. The molecule has 0 aliphatic carbocycles. The molecule has 130 valence electrons. The highest BCUT2D eigenvalue weighted by Gasteiger charge is 2.13. The molecule has 0 saturated carbocycles. The molecule has 0 radical (unpaired) electrons. The van der Waals surface area contributed by atoms with Crippen LogP contribution in [-0.4, -0.2) is 45.6 Å². The van der Waals surface area contributed by atoms with E-state index in [4.69, 9.17) is 0 Å². The molecule has 1 saturated heterocycles. The summed E-state index contributed by atoms with van der Waals surface area (Å²) in [5.41, 5.74) is 0.490. The number of aromatic nitrogens is 3. The summed E-state index contributed by atoms with van der Waals surface area (Å²) in [4.78, 5) is 18.6. The molecule has 1 aliphatic rings. The molecule has 0 bridgehead atoms. The molecule has 2 aromatic heterocycles. The number of carbonyl (C=O) groups excluding carboxylic acids is 1. The first-order valence-corrected chi connectivity index (χ1v) is 9.28. The maximum atomic E-state index is 12.1. The predicted octanol–water partition coefficient (Wildman–Crippen LogP) is 3.40. The lowest BCUT2D eigenvalue weighted by atomic mass is 10.1. The first kappa shape index (κ1) is 19.2. The van der Waals surface area contributed by atoms with Crippen molar-refractivity contribution in [3.8, 4) is 0 Å². The fraction of sp³-hybridized carbons (Fsp3) is 0.467. The molecular formula is C15H19BrClN5OS. The van der Waals surface area contributed by atoms with E-state index in [9.17, 15) is 4.79 Å². The lowest BCUT2D eigenvalue weighted by Crippen LogP contribution is -2.31. The van der Waals surface area contributed by atoms with Crippen LogP contribution >= 0.6 is 39.7 Å².